The molecule has 0 saturated heterocycles. The molecule has 2 rings (SSSR count). The largest absolute Gasteiger partial charge is 0.496 e. The van der Waals surface area contributed by atoms with Gasteiger partial charge >= 0.3 is 5.97 Å². The number of methoxy groups -OCH3 is 1. The summed E-state index contributed by atoms with van der Waals surface area (Å²) in [5.41, 5.74) is 0.638. The number of carbonyl (C=O) groups is 1. The Morgan fingerprint density at radius 2 is 2.18 bits per heavy atom. The summed E-state index contributed by atoms with van der Waals surface area (Å²) in [4.78, 5) is 10.5. The minimum atomic E-state index is -1.01. The van der Waals surface area contributed by atoms with Crippen LogP contribution >= 0.6 is 0 Å². The van der Waals surface area contributed by atoms with Crippen LogP contribution in [0.1, 0.15) is 5.89 Å². The lowest BCUT2D eigenvalue weighted by atomic mass is 10.2. The van der Waals surface area contributed by atoms with Gasteiger partial charge in [-0.1, -0.05) is 12.1 Å². The number of aliphatic carboxylic acids is 1. The average Bonchev–Trinajstić information content (AvgIpc) is 2.76. The number of para-hydroxylation sites is 1. The molecule has 0 bridgehead atoms. The van der Waals surface area contributed by atoms with Gasteiger partial charge in [0.15, 0.2) is 0 Å². The Morgan fingerprint density at radius 1 is 1.41 bits per heavy atom. The minimum Gasteiger partial charge on any atom is -0.496 e. The monoisotopic (exact) mass is 234 g/mol. The number of nitrogens with zero attached hydrogens (tertiary/aromatic N) is 2. The predicted molar refractivity (Wildman–Crippen MR) is 57.6 cm³/mol. The first-order valence-electron chi connectivity index (χ1n) is 4.88. The molecular weight excluding hydrogens is 224 g/mol. The smallest absolute Gasteiger partial charge is 0.312 e. The fourth-order valence-corrected chi connectivity index (χ4v) is 1.38. The highest BCUT2D eigenvalue weighted by atomic mass is 16.5. The number of benzene rings is 1. The van der Waals surface area contributed by atoms with Crippen LogP contribution in [0.25, 0.3) is 11.5 Å². The van der Waals surface area contributed by atoms with E-state index in [1.807, 2.05) is 6.07 Å². The quantitative estimate of drug-likeness (QED) is 0.859. The highest BCUT2D eigenvalue weighted by Gasteiger charge is 2.14. The molecular formula is C11H10N2O4. The molecule has 0 radical (unpaired) electrons. The zero-order valence-corrected chi connectivity index (χ0v) is 9.08. The molecule has 1 aromatic heterocycles. The molecule has 1 N–H and O–H groups in total. The van der Waals surface area contributed by atoms with Gasteiger partial charge < -0.3 is 14.3 Å². The van der Waals surface area contributed by atoms with Gasteiger partial charge in [-0.3, -0.25) is 4.79 Å². The number of carboxylic acid groups (broad SMARTS) is 1. The van der Waals surface area contributed by atoms with Crippen molar-refractivity contribution >= 4 is 5.97 Å². The number of ether oxygens (including phenoxy) is 1. The van der Waals surface area contributed by atoms with Gasteiger partial charge in [-0.15, -0.1) is 10.2 Å². The zero-order chi connectivity index (χ0) is 12.3. The van der Waals surface area contributed by atoms with Crippen LogP contribution < -0.4 is 4.74 Å². The van der Waals surface area contributed by atoms with Crippen LogP contribution in [0.15, 0.2) is 28.7 Å². The fourth-order valence-electron chi connectivity index (χ4n) is 1.38. The van der Waals surface area contributed by atoms with Crippen LogP contribution in [-0.4, -0.2) is 28.4 Å². The number of carboxylic acids is 1. The van der Waals surface area contributed by atoms with Crippen molar-refractivity contribution in [2.75, 3.05) is 7.11 Å². The van der Waals surface area contributed by atoms with Gasteiger partial charge in [0.05, 0.1) is 12.7 Å². The van der Waals surface area contributed by atoms with Gasteiger partial charge in [0.25, 0.3) is 5.89 Å². The number of aromatic nitrogens is 2. The van der Waals surface area contributed by atoms with E-state index in [9.17, 15) is 4.79 Å². The molecule has 6 nitrogen and oxygen atoms in total. The molecule has 88 valence electrons. The van der Waals surface area contributed by atoms with E-state index >= 15 is 0 Å². The topological polar surface area (TPSA) is 85.5 Å². The third-order valence-electron chi connectivity index (χ3n) is 2.11. The van der Waals surface area contributed by atoms with Gasteiger partial charge in [-0.25, -0.2) is 0 Å². The molecule has 0 fully saturated rings. The summed E-state index contributed by atoms with van der Waals surface area (Å²) >= 11 is 0. The highest BCUT2D eigenvalue weighted by molar-refractivity contribution is 5.69. The van der Waals surface area contributed by atoms with E-state index in [-0.39, 0.29) is 18.2 Å². The fraction of sp³-hybridized carbons (Fsp3) is 0.182. The van der Waals surface area contributed by atoms with E-state index in [4.69, 9.17) is 14.3 Å². The molecule has 0 amide bonds. The normalized spacial score (nSPS) is 10.2. The second kappa shape index (κ2) is 4.65. The summed E-state index contributed by atoms with van der Waals surface area (Å²) in [7, 11) is 1.54. The Kier molecular flexibility index (Phi) is 3.04. The van der Waals surface area contributed by atoms with Crippen molar-refractivity contribution in [2.24, 2.45) is 0 Å². The van der Waals surface area contributed by atoms with Crippen LogP contribution in [0, 0.1) is 0 Å². The zero-order valence-electron chi connectivity index (χ0n) is 9.08. The van der Waals surface area contributed by atoms with Gasteiger partial charge in [0, 0.05) is 0 Å². The molecule has 0 saturated carbocycles. The molecule has 2 aromatic rings. The lowest BCUT2D eigenvalue weighted by molar-refractivity contribution is -0.136. The first kappa shape index (κ1) is 11.1. The second-order valence-electron chi connectivity index (χ2n) is 3.27. The molecule has 1 heterocycles. The second-order valence-corrected chi connectivity index (χ2v) is 3.27. The van der Waals surface area contributed by atoms with E-state index in [1.165, 1.54) is 7.11 Å². The van der Waals surface area contributed by atoms with E-state index in [1.54, 1.807) is 18.2 Å². The van der Waals surface area contributed by atoms with Gasteiger partial charge in [-0.05, 0) is 12.1 Å². The number of hydrogen-bond acceptors (Lipinski definition) is 5. The maximum atomic E-state index is 10.5. The Hall–Kier alpha value is -2.37. The van der Waals surface area contributed by atoms with Crippen LogP contribution in [0.5, 0.6) is 5.75 Å². The van der Waals surface area contributed by atoms with Crippen molar-refractivity contribution < 1.29 is 19.1 Å². The average molecular weight is 234 g/mol. The standard InChI is InChI=1S/C11H10N2O4/c1-16-8-5-3-2-4-7(8)11-13-12-9(17-11)6-10(14)15/h2-5H,6H2,1H3,(H,14,15). The van der Waals surface area contributed by atoms with E-state index < -0.39 is 5.97 Å². The van der Waals surface area contributed by atoms with E-state index in [0.717, 1.165) is 0 Å². The highest BCUT2D eigenvalue weighted by Crippen LogP contribution is 2.28. The minimum absolute atomic E-state index is 0.0680. The summed E-state index contributed by atoms with van der Waals surface area (Å²) in [6, 6.07) is 7.14. The van der Waals surface area contributed by atoms with Crippen LogP contribution in [0.2, 0.25) is 0 Å². The maximum absolute atomic E-state index is 10.5. The maximum Gasteiger partial charge on any atom is 0.312 e. The molecule has 17 heavy (non-hydrogen) atoms. The van der Waals surface area contributed by atoms with Crippen LogP contribution in [-0.2, 0) is 11.2 Å². The summed E-state index contributed by atoms with van der Waals surface area (Å²) in [5.74, 6) is -0.102. The number of rotatable bonds is 4. The van der Waals surface area contributed by atoms with Crippen molar-refractivity contribution in [2.45, 2.75) is 6.42 Å². The Morgan fingerprint density at radius 3 is 2.88 bits per heavy atom. The lowest BCUT2D eigenvalue weighted by Crippen LogP contribution is -1.99. The van der Waals surface area contributed by atoms with Crippen molar-refractivity contribution in [1.29, 1.82) is 0 Å². The Labute approximate surface area is 96.9 Å². The Balaban J connectivity index is 2.33. The summed E-state index contributed by atoms with van der Waals surface area (Å²) in [6.45, 7) is 0. The third kappa shape index (κ3) is 2.41. The van der Waals surface area contributed by atoms with Gasteiger partial charge in [0.2, 0.25) is 5.89 Å². The molecule has 6 heteroatoms. The van der Waals surface area contributed by atoms with Crippen LogP contribution in [0.4, 0.5) is 0 Å². The van der Waals surface area contributed by atoms with Gasteiger partial charge in [0.1, 0.15) is 12.2 Å². The molecule has 0 aliphatic carbocycles. The summed E-state index contributed by atoms with van der Waals surface area (Å²) < 4.78 is 10.4. The lowest BCUT2D eigenvalue weighted by Gasteiger charge is -2.03. The molecule has 1 aromatic carbocycles. The molecule has 0 atom stereocenters. The van der Waals surface area contributed by atoms with E-state index in [0.29, 0.717) is 11.3 Å². The predicted octanol–water partition coefficient (Wildman–Crippen LogP) is 1.37. The van der Waals surface area contributed by atoms with Crippen LogP contribution in [0.3, 0.4) is 0 Å². The van der Waals surface area contributed by atoms with Crippen molar-refractivity contribution in [3.8, 4) is 17.2 Å². The molecule has 0 aliphatic heterocycles. The number of hydrogen-bond donors (Lipinski definition) is 1. The molecule has 0 unspecified atom stereocenters. The van der Waals surface area contributed by atoms with Crippen molar-refractivity contribution in [3.63, 3.8) is 0 Å². The SMILES string of the molecule is COc1ccccc1-c1nnc(CC(=O)O)o1. The first-order valence-corrected chi connectivity index (χ1v) is 4.88. The van der Waals surface area contributed by atoms with Crippen molar-refractivity contribution in [1.82, 2.24) is 10.2 Å². The van der Waals surface area contributed by atoms with Crippen molar-refractivity contribution in [3.05, 3.63) is 30.2 Å². The molecule has 0 spiro atoms. The Bertz CT molecular complexity index is 536. The first-order chi connectivity index (χ1) is 8.20. The van der Waals surface area contributed by atoms with Gasteiger partial charge in [-0.2, -0.15) is 0 Å². The third-order valence-corrected chi connectivity index (χ3v) is 2.11. The summed E-state index contributed by atoms with van der Waals surface area (Å²) in [6.07, 6.45) is -0.290. The summed E-state index contributed by atoms with van der Waals surface area (Å²) in [5, 5.41) is 16.0. The molecule has 0 aliphatic rings. The van der Waals surface area contributed by atoms with E-state index in [2.05, 4.69) is 10.2 Å².